The fourth-order valence-electron chi connectivity index (χ4n) is 0.407. The molecule has 4 nitrogen and oxygen atoms in total. The number of hydrogen-bond acceptors (Lipinski definition) is 3. The van der Waals surface area contributed by atoms with Crippen LogP contribution in [0.4, 0.5) is 0 Å². The van der Waals surface area contributed by atoms with Crippen LogP contribution in [0.5, 0.6) is 0 Å². The number of carboxylic acid groups (broad SMARTS) is 1. The van der Waals surface area contributed by atoms with Gasteiger partial charge in [0, 0.05) is 6.54 Å². The second-order valence-corrected chi connectivity index (χ2v) is 2.25. The van der Waals surface area contributed by atoms with Gasteiger partial charge in [0.15, 0.2) is 0 Å². The van der Waals surface area contributed by atoms with E-state index in [0.29, 0.717) is 6.61 Å². The Kier molecular flexibility index (Phi) is 9.40. The van der Waals surface area contributed by atoms with E-state index in [9.17, 15) is 4.79 Å². The molecule has 0 amide bonds. The monoisotopic (exact) mass is 183 g/mol. The predicted octanol–water partition coefficient (Wildman–Crippen LogP) is 0.0710. The molecule has 0 spiro atoms. The third-order valence-corrected chi connectivity index (χ3v) is 0.908. The van der Waals surface area contributed by atoms with E-state index in [-0.39, 0.29) is 19.0 Å². The Bertz CT molecular complexity index is 108. The first-order valence-corrected chi connectivity index (χ1v) is 3.07. The van der Waals surface area contributed by atoms with Gasteiger partial charge in [-0.1, -0.05) is 0 Å². The molecular formula is C6H14ClNO3. The van der Waals surface area contributed by atoms with E-state index in [1.807, 2.05) is 19.0 Å². The van der Waals surface area contributed by atoms with Crippen LogP contribution in [-0.4, -0.2) is 49.8 Å². The van der Waals surface area contributed by atoms with E-state index in [0.717, 1.165) is 6.54 Å². The van der Waals surface area contributed by atoms with Crippen molar-refractivity contribution >= 4 is 18.4 Å². The lowest BCUT2D eigenvalue weighted by Crippen LogP contribution is -2.19. The molecule has 0 aromatic carbocycles. The van der Waals surface area contributed by atoms with E-state index in [4.69, 9.17) is 9.84 Å². The van der Waals surface area contributed by atoms with Gasteiger partial charge in [0.25, 0.3) is 0 Å². The molecule has 0 aliphatic carbocycles. The molecule has 0 atom stereocenters. The molecule has 68 valence electrons. The minimum absolute atomic E-state index is 0. The molecule has 0 aromatic heterocycles. The number of nitrogens with zero attached hydrogens (tertiary/aromatic N) is 1. The molecule has 0 heterocycles. The highest BCUT2D eigenvalue weighted by atomic mass is 35.5. The Balaban J connectivity index is 0. The molecule has 1 N–H and O–H groups in total. The van der Waals surface area contributed by atoms with E-state index in [1.54, 1.807) is 0 Å². The van der Waals surface area contributed by atoms with Crippen molar-refractivity contribution in [1.82, 2.24) is 4.90 Å². The summed E-state index contributed by atoms with van der Waals surface area (Å²) in [5, 5.41) is 8.14. The minimum Gasteiger partial charge on any atom is -0.480 e. The van der Waals surface area contributed by atoms with Crippen LogP contribution < -0.4 is 0 Å². The van der Waals surface area contributed by atoms with Crippen molar-refractivity contribution in [2.24, 2.45) is 0 Å². The van der Waals surface area contributed by atoms with Crippen LogP contribution in [0, 0.1) is 0 Å². The molecule has 0 aliphatic rings. The molecule has 0 aromatic rings. The van der Waals surface area contributed by atoms with Crippen molar-refractivity contribution in [3.8, 4) is 0 Å². The molecule has 0 radical (unpaired) electrons. The number of likely N-dealkylation sites (N-methyl/N-ethyl adjacent to an activating group) is 1. The molecule has 0 unspecified atom stereocenters. The predicted molar refractivity (Wildman–Crippen MR) is 44.3 cm³/mol. The second kappa shape index (κ2) is 7.78. The highest BCUT2D eigenvalue weighted by Crippen LogP contribution is 1.77. The van der Waals surface area contributed by atoms with Crippen molar-refractivity contribution in [2.45, 2.75) is 0 Å². The molecule has 5 heteroatoms. The van der Waals surface area contributed by atoms with Gasteiger partial charge in [-0.15, -0.1) is 12.4 Å². The van der Waals surface area contributed by atoms with Gasteiger partial charge in [0.1, 0.15) is 6.61 Å². The summed E-state index contributed by atoms with van der Waals surface area (Å²) >= 11 is 0. The van der Waals surface area contributed by atoms with Gasteiger partial charge in [-0.25, -0.2) is 4.79 Å². The molecule has 0 rings (SSSR count). The van der Waals surface area contributed by atoms with Crippen LogP contribution >= 0.6 is 12.4 Å². The molecule has 0 fully saturated rings. The number of hydrogen-bond donors (Lipinski definition) is 1. The van der Waals surface area contributed by atoms with Gasteiger partial charge in [0.05, 0.1) is 6.61 Å². The first-order valence-electron chi connectivity index (χ1n) is 3.07. The standard InChI is InChI=1S/C6H13NO3.ClH/c1-7(2)3-4-10-5-6(8)9;/h3-5H2,1-2H3,(H,8,9);1H. The Morgan fingerprint density at radius 2 is 2.09 bits per heavy atom. The fraction of sp³-hybridized carbons (Fsp3) is 0.833. The first kappa shape index (κ1) is 13.3. The third kappa shape index (κ3) is 12.8. The quantitative estimate of drug-likeness (QED) is 0.613. The molecular weight excluding hydrogens is 170 g/mol. The maximum atomic E-state index is 9.91. The summed E-state index contributed by atoms with van der Waals surface area (Å²) < 4.78 is 4.76. The van der Waals surface area contributed by atoms with Gasteiger partial charge in [-0.2, -0.15) is 0 Å². The highest BCUT2D eigenvalue weighted by Gasteiger charge is 1.95. The topological polar surface area (TPSA) is 49.8 Å². The van der Waals surface area contributed by atoms with Crippen molar-refractivity contribution in [3.63, 3.8) is 0 Å². The zero-order valence-electron chi connectivity index (χ0n) is 6.74. The number of aliphatic carboxylic acids is 1. The summed E-state index contributed by atoms with van der Waals surface area (Å²) in [4.78, 5) is 11.8. The number of carbonyl (C=O) groups is 1. The molecule has 0 saturated heterocycles. The highest BCUT2D eigenvalue weighted by molar-refractivity contribution is 5.85. The molecule has 0 aliphatic heterocycles. The Morgan fingerprint density at radius 1 is 1.55 bits per heavy atom. The average Bonchev–Trinajstić information content (AvgIpc) is 1.79. The summed E-state index contributed by atoms with van der Waals surface area (Å²) in [5.41, 5.74) is 0. The first-order chi connectivity index (χ1) is 4.63. The Hall–Kier alpha value is -0.320. The van der Waals surface area contributed by atoms with Gasteiger partial charge >= 0.3 is 5.97 Å². The van der Waals surface area contributed by atoms with Crippen LogP contribution in [0.3, 0.4) is 0 Å². The zero-order chi connectivity index (χ0) is 7.98. The number of halogens is 1. The molecule has 0 saturated carbocycles. The van der Waals surface area contributed by atoms with Gasteiger partial charge in [-0.3, -0.25) is 0 Å². The third-order valence-electron chi connectivity index (χ3n) is 0.908. The second-order valence-electron chi connectivity index (χ2n) is 2.25. The van der Waals surface area contributed by atoms with Crippen molar-refractivity contribution in [1.29, 1.82) is 0 Å². The van der Waals surface area contributed by atoms with Crippen LogP contribution in [0.1, 0.15) is 0 Å². The maximum absolute atomic E-state index is 9.91. The van der Waals surface area contributed by atoms with Crippen LogP contribution in [-0.2, 0) is 9.53 Å². The van der Waals surface area contributed by atoms with Crippen molar-refractivity contribution in [3.05, 3.63) is 0 Å². The SMILES string of the molecule is CN(C)CCOCC(=O)O.Cl. The lowest BCUT2D eigenvalue weighted by atomic mass is 10.6. The smallest absolute Gasteiger partial charge is 0.329 e. The van der Waals surface area contributed by atoms with E-state index >= 15 is 0 Å². The summed E-state index contributed by atoms with van der Waals surface area (Å²) in [7, 11) is 3.81. The van der Waals surface area contributed by atoms with E-state index in [2.05, 4.69) is 0 Å². The summed E-state index contributed by atoms with van der Waals surface area (Å²) in [6, 6.07) is 0. The van der Waals surface area contributed by atoms with Gasteiger partial charge in [-0.05, 0) is 14.1 Å². The normalized spacial score (nSPS) is 9.36. The number of rotatable bonds is 5. The lowest BCUT2D eigenvalue weighted by molar-refractivity contribution is -0.142. The Morgan fingerprint density at radius 3 is 2.45 bits per heavy atom. The van der Waals surface area contributed by atoms with Crippen molar-refractivity contribution in [2.75, 3.05) is 33.9 Å². The summed E-state index contributed by atoms with van der Waals surface area (Å²) in [5.74, 6) is -0.918. The van der Waals surface area contributed by atoms with E-state index < -0.39 is 5.97 Å². The van der Waals surface area contributed by atoms with Gasteiger partial charge in [0.2, 0.25) is 0 Å². The number of ether oxygens (including phenoxy) is 1. The number of carboxylic acids is 1. The molecule has 0 bridgehead atoms. The largest absolute Gasteiger partial charge is 0.480 e. The molecule has 11 heavy (non-hydrogen) atoms. The Labute approximate surface area is 72.5 Å². The van der Waals surface area contributed by atoms with E-state index in [1.165, 1.54) is 0 Å². The summed E-state index contributed by atoms with van der Waals surface area (Å²) in [6.07, 6.45) is 0. The van der Waals surface area contributed by atoms with Crippen molar-refractivity contribution < 1.29 is 14.6 Å². The summed E-state index contributed by atoms with van der Waals surface area (Å²) in [6.45, 7) is 1.03. The maximum Gasteiger partial charge on any atom is 0.329 e. The van der Waals surface area contributed by atoms with Crippen LogP contribution in [0.2, 0.25) is 0 Å². The average molecular weight is 184 g/mol. The fourth-order valence-corrected chi connectivity index (χ4v) is 0.407. The zero-order valence-corrected chi connectivity index (χ0v) is 7.56. The van der Waals surface area contributed by atoms with Gasteiger partial charge < -0.3 is 14.7 Å². The van der Waals surface area contributed by atoms with Crippen LogP contribution in [0.15, 0.2) is 0 Å². The van der Waals surface area contributed by atoms with Crippen LogP contribution in [0.25, 0.3) is 0 Å². The minimum atomic E-state index is -0.918. The lowest BCUT2D eigenvalue weighted by Gasteiger charge is -2.07.